The van der Waals surface area contributed by atoms with Crippen LogP contribution in [-0.4, -0.2) is 22.4 Å². The topological polar surface area (TPSA) is 57.8 Å². The number of hydrogen-bond donors (Lipinski definition) is 2. The number of hydrogen-bond acceptors (Lipinski definition) is 2. The van der Waals surface area contributed by atoms with Crippen molar-refractivity contribution in [3.63, 3.8) is 0 Å². The number of rotatable bonds is 4. The highest BCUT2D eigenvalue weighted by molar-refractivity contribution is 6.05. The molecule has 0 aliphatic heterocycles. The van der Waals surface area contributed by atoms with E-state index in [0.717, 1.165) is 23.0 Å². The van der Waals surface area contributed by atoms with E-state index in [0.29, 0.717) is 12.1 Å². The van der Waals surface area contributed by atoms with Crippen LogP contribution in [0.1, 0.15) is 15.9 Å². The molecule has 24 heavy (non-hydrogen) atoms. The standard InChI is InChI=1S/C20H17N3O/c24-20(15-5-2-1-3-6-15)22-12-10-14-8-9-18-17(13-14)16-7-4-11-21-19(16)23-18/h1-9,11,13H,10,12H2,(H,21,23)(H,22,24). The SMILES string of the molecule is O=C(NCCc1ccc2[nH]c3ncccc3c2c1)c1ccccc1. The third-order valence-corrected chi connectivity index (χ3v) is 4.17. The summed E-state index contributed by atoms with van der Waals surface area (Å²) in [6, 6.07) is 19.6. The van der Waals surface area contributed by atoms with Crippen molar-refractivity contribution in [3.05, 3.63) is 78.0 Å². The van der Waals surface area contributed by atoms with E-state index in [4.69, 9.17) is 0 Å². The molecule has 0 spiro atoms. The van der Waals surface area contributed by atoms with Gasteiger partial charge in [-0.05, 0) is 48.4 Å². The Labute approximate surface area is 139 Å². The third kappa shape index (κ3) is 2.74. The number of carbonyl (C=O) groups excluding carboxylic acids is 1. The number of nitrogens with zero attached hydrogens (tertiary/aromatic N) is 1. The van der Waals surface area contributed by atoms with Gasteiger partial charge in [0.05, 0.1) is 0 Å². The van der Waals surface area contributed by atoms with E-state index in [2.05, 4.69) is 39.6 Å². The van der Waals surface area contributed by atoms with Crippen molar-refractivity contribution in [2.75, 3.05) is 6.54 Å². The van der Waals surface area contributed by atoms with Gasteiger partial charge in [0, 0.05) is 34.6 Å². The van der Waals surface area contributed by atoms with Crippen molar-refractivity contribution >= 4 is 27.8 Å². The highest BCUT2D eigenvalue weighted by atomic mass is 16.1. The second kappa shape index (κ2) is 6.16. The molecule has 2 heterocycles. The largest absolute Gasteiger partial charge is 0.352 e. The summed E-state index contributed by atoms with van der Waals surface area (Å²) in [6.45, 7) is 0.611. The zero-order valence-corrected chi connectivity index (χ0v) is 13.1. The molecule has 4 nitrogen and oxygen atoms in total. The molecule has 0 saturated carbocycles. The van der Waals surface area contributed by atoms with E-state index in [1.54, 1.807) is 6.20 Å². The Morgan fingerprint density at radius 3 is 2.75 bits per heavy atom. The molecule has 2 N–H and O–H groups in total. The minimum Gasteiger partial charge on any atom is -0.352 e. The van der Waals surface area contributed by atoms with E-state index in [9.17, 15) is 4.79 Å². The maximum absolute atomic E-state index is 12.1. The summed E-state index contributed by atoms with van der Waals surface area (Å²) in [6.07, 6.45) is 2.58. The van der Waals surface area contributed by atoms with Gasteiger partial charge in [0.1, 0.15) is 5.65 Å². The van der Waals surface area contributed by atoms with Crippen LogP contribution in [0.3, 0.4) is 0 Å². The number of fused-ring (bicyclic) bond motifs is 3. The lowest BCUT2D eigenvalue weighted by Gasteiger charge is -2.05. The predicted molar refractivity (Wildman–Crippen MR) is 96.1 cm³/mol. The lowest BCUT2D eigenvalue weighted by atomic mass is 10.1. The van der Waals surface area contributed by atoms with Crippen LogP contribution in [0.2, 0.25) is 0 Å². The Balaban J connectivity index is 1.49. The first-order valence-corrected chi connectivity index (χ1v) is 8.00. The van der Waals surface area contributed by atoms with Crippen molar-refractivity contribution in [1.29, 1.82) is 0 Å². The number of nitrogens with one attached hydrogen (secondary N) is 2. The van der Waals surface area contributed by atoms with Gasteiger partial charge in [0.15, 0.2) is 0 Å². The lowest BCUT2D eigenvalue weighted by molar-refractivity contribution is 0.0954. The van der Waals surface area contributed by atoms with Crippen LogP contribution in [0.4, 0.5) is 0 Å². The van der Waals surface area contributed by atoms with Crippen LogP contribution < -0.4 is 5.32 Å². The molecule has 0 aliphatic carbocycles. The molecular formula is C20H17N3O. The minimum atomic E-state index is -0.0343. The van der Waals surface area contributed by atoms with Crippen molar-refractivity contribution in [1.82, 2.24) is 15.3 Å². The number of benzene rings is 2. The average molecular weight is 315 g/mol. The summed E-state index contributed by atoms with van der Waals surface area (Å²) in [7, 11) is 0. The van der Waals surface area contributed by atoms with Crippen molar-refractivity contribution in [3.8, 4) is 0 Å². The van der Waals surface area contributed by atoms with Gasteiger partial charge < -0.3 is 10.3 Å². The van der Waals surface area contributed by atoms with Crippen LogP contribution >= 0.6 is 0 Å². The normalized spacial score (nSPS) is 11.0. The summed E-state index contributed by atoms with van der Waals surface area (Å²) < 4.78 is 0. The lowest BCUT2D eigenvalue weighted by Crippen LogP contribution is -2.25. The smallest absolute Gasteiger partial charge is 0.251 e. The maximum atomic E-state index is 12.1. The van der Waals surface area contributed by atoms with Gasteiger partial charge in [-0.1, -0.05) is 24.3 Å². The van der Waals surface area contributed by atoms with E-state index in [1.165, 1.54) is 10.9 Å². The minimum absolute atomic E-state index is 0.0343. The Kier molecular flexibility index (Phi) is 3.71. The highest BCUT2D eigenvalue weighted by Crippen LogP contribution is 2.24. The quantitative estimate of drug-likeness (QED) is 0.603. The van der Waals surface area contributed by atoms with Crippen molar-refractivity contribution in [2.24, 2.45) is 0 Å². The van der Waals surface area contributed by atoms with Crippen LogP contribution in [-0.2, 0) is 6.42 Å². The number of H-pyrrole nitrogens is 1. The van der Waals surface area contributed by atoms with Gasteiger partial charge in [-0.2, -0.15) is 0 Å². The second-order valence-corrected chi connectivity index (χ2v) is 5.78. The fraction of sp³-hybridized carbons (Fsp3) is 0.100. The zero-order valence-electron chi connectivity index (χ0n) is 13.1. The maximum Gasteiger partial charge on any atom is 0.251 e. The van der Waals surface area contributed by atoms with Gasteiger partial charge in [0.25, 0.3) is 5.91 Å². The summed E-state index contributed by atoms with van der Waals surface area (Å²) in [5, 5.41) is 5.27. The Bertz CT molecular complexity index is 1010. The van der Waals surface area contributed by atoms with Gasteiger partial charge >= 0.3 is 0 Å². The molecule has 0 unspecified atom stereocenters. The van der Waals surface area contributed by atoms with Gasteiger partial charge in [-0.3, -0.25) is 4.79 Å². The Morgan fingerprint density at radius 2 is 1.88 bits per heavy atom. The Morgan fingerprint density at radius 1 is 1.00 bits per heavy atom. The summed E-state index contributed by atoms with van der Waals surface area (Å²) in [5.74, 6) is -0.0343. The highest BCUT2D eigenvalue weighted by Gasteiger charge is 2.07. The van der Waals surface area contributed by atoms with Crippen molar-refractivity contribution in [2.45, 2.75) is 6.42 Å². The molecule has 118 valence electrons. The molecule has 0 radical (unpaired) electrons. The number of aromatic amines is 1. The number of pyridine rings is 1. The summed E-state index contributed by atoms with van der Waals surface area (Å²) in [4.78, 5) is 19.7. The molecule has 4 rings (SSSR count). The number of carbonyl (C=O) groups is 1. The molecule has 0 aliphatic rings. The van der Waals surface area contributed by atoms with Crippen molar-refractivity contribution < 1.29 is 4.79 Å². The molecule has 0 bridgehead atoms. The first-order chi connectivity index (χ1) is 11.8. The van der Waals surface area contributed by atoms with Gasteiger partial charge in [-0.25, -0.2) is 4.98 Å². The zero-order chi connectivity index (χ0) is 16.4. The number of aromatic nitrogens is 2. The first kappa shape index (κ1) is 14.5. The molecular weight excluding hydrogens is 298 g/mol. The second-order valence-electron chi connectivity index (χ2n) is 5.78. The summed E-state index contributed by atoms with van der Waals surface area (Å²) >= 11 is 0. The van der Waals surface area contributed by atoms with E-state index < -0.39 is 0 Å². The number of amides is 1. The fourth-order valence-electron chi connectivity index (χ4n) is 2.94. The summed E-state index contributed by atoms with van der Waals surface area (Å²) in [5.41, 5.74) is 3.87. The van der Waals surface area contributed by atoms with Crippen LogP contribution in [0.5, 0.6) is 0 Å². The molecule has 0 saturated heterocycles. The van der Waals surface area contributed by atoms with Crippen LogP contribution in [0.25, 0.3) is 21.9 Å². The van der Waals surface area contributed by atoms with Crippen LogP contribution in [0.15, 0.2) is 66.9 Å². The molecule has 0 atom stereocenters. The third-order valence-electron chi connectivity index (χ3n) is 4.17. The molecule has 1 amide bonds. The molecule has 2 aromatic carbocycles. The monoisotopic (exact) mass is 315 g/mol. The fourth-order valence-corrected chi connectivity index (χ4v) is 2.94. The van der Waals surface area contributed by atoms with Gasteiger partial charge in [0.2, 0.25) is 0 Å². The first-order valence-electron chi connectivity index (χ1n) is 8.00. The van der Waals surface area contributed by atoms with Gasteiger partial charge in [-0.15, -0.1) is 0 Å². The Hall–Kier alpha value is -3.14. The van der Waals surface area contributed by atoms with E-state index >= 15 is 0 Å². The predicted octanol–water partition coefficient (Wildman–Crippen LogP) is 3.69. The van der Waals surface area contributed by atoms with E-state index in [1.807, 2.05) is 36.4 Å². The molecule has 2 aromatic heterocycles. The average Bonchev–Trinajstić information content (AvgIpc) is 3.00. The van der Waals surface area contributed by atoms with E-state index in [-0.39, 0.29) is 5.91 Å². The van der Waals surface area contributed by atoms with Crippen LogP contribution in [0, 0.1) is 0 Å². The molecule has 4 heteroatoms. The molecule has 0 fully saturated rings. The molecule has 4 aromatic rings.